The second-order valence-electron chi connectivity index (χ2n) is 4.17. The summed E-state index contributed by atoms with van der Waals surface area (Å²) in [6, 6.07) is 2.58. The topological polar surface area (TPSA) is 92.4 Å². The number of nitrogens with one attached hydrogen (secondary N) is 1. The Morgan fingerprint density at radius 3 is 2.79 bits per heavy atom. The van der Waals surface area contributed by atoms with Crippen LogP contribution in [0.2, 0.25) is 0 Å². The minimum atomic E-state index is -1.20. The number of hydrogen-bond donors (Lipinski definition) is 2. The number of carboxylic acid groups (broad SMARTS) is 1. The molecule has 0 saturated heterocycles. The Kier molecular flexibility index (Phi) is 2.83. The number of anilines is 1. The van der Waals surface area contributed by atoms with Gasteiger partial charge in [-0.1, -0.05) is 0 Å². The second-order valence-corrected chi connectivity index (χ2v) is 5.25. The van der Waals surface area contributed by atoms with E-state index in [2.05, 4.69) is 10.3 Å². The largest absolute Gasteiger partial charge is 0.475 e. The van der Waals surface area contributed by atoms with Gasteiger partial charge in [-0.2, -0.15) is 0 Å². The average Bonchev–Trinajstić information content (AvgIpc) is 3.02. The molecule has 2 heterocycles. The number of aromatic nitrogens is 1. The average molecular weight is 278 g/mol. The Hall–Kier alpha value is -2.15. The van der Waals surface area contributed by atoms with Gasteiger partial charge in [0.15, 0.2) is 10.9 Å². The second kappa shape index (κ2) is 4.51. The van der Waals surface area contributed by atoms with Gasteiger partial charge in [-0.25, -0.2) is 9.78 Å². The van der Waals surface area contributed by atoms with Crippen molar-refractivity contribution in [3.8, 4) is 0 Å². The Labute approximate surface area is 112 Å². The summed E-state index contributed by atoms with van der Waals surface area (Å²) in [5.74, 6) is -1.98. The van der Waals surface area contributed by atoms with Crippen LogP contribution in [0.1, 0.15) is 38.1 Å². The maximum atomic E-state index is 11.8. The predicted molar refractivity (Wildman–Crippen MR) is 67.8 cm³/mol. The smallest absolute Gasteiger partial charge is 0.371 e. The van der Waals surface area contributed by atoms with Crippen LogP contribution in [-0.4, -0.2) is 22.0 Å². The number of aryl methyl sites for hydroxylation is 2. The van der Waals surface area contributed by atoms with Gasteiger partial charge in [-0.05, 0) is 31.4 Å². The van der Waals surface area contributed by atoms with Gasteiger partial charge in [0.2, 0.25) is 5.76 Å². The lowest BCUT2D eigenvalue weighted by Crippen LogP contribution is -2.10. The van der Waals surface area contributed by atoms with E-state index >= 15 is 0 Å². The molecule has 6 nitrogen and oxygen atoms in total. The number of rotatable bonds is 3. The quantitative estimate of drug-likeness (QED) is 0.897. The number of aromatic carboxylic acids is 1. The molecule has 19 heavy (non-hydrogen) atoms. The Morgan fingerprint density at radius 1 is 1.32 bits per heavy atom. The number of amides is 1. The fourth-order valence-electron chi connectivity index (χ4n) is 1.98. The molecule has 2 aromatic rings. The Bertz CT molecular complexity index is 637. The van der Waals surface area contributed by atoms with E-state index in [-0.39, 0.29) is 11.5 Å². The summed E-state index contributed by atoms with van der Waals surface area (Å²) in [5, 5.41) is 11.9. The first-order valence-corrected chi connectivity index (χ1v) is 6.58. The molecule has 0 atom stereocenters. The van der Waals surface area contributed by atoms with Crippen molar-refractivity contribution < 1.29 is 19.1 Å². The van der Waals surface area contributed by atoms with Crippen LogP contribution < -0.4 is 5.32 Å². The molecule has 7 heteroatoms. The number of nitrogens with zero attached hydrogens (tertiary/aromatic N) is 1. The van der Waals surface area contributed by atoms with E-state index in [9.17, 15) is 9.59 Å². The SMILES string of the molecule is O=C(O)c1ccc(C(=O)Nc2nc3c(s2)CCC3)o1. The van der Waals surface area contributed by atoms with E-state index in [1.807, 2.05) is 0 Å². The molecule has 2 N–H and O–H groups in total. The van der Waals surface area contributed by atoms with Crippen molar-refractivity contribution in [3.63, 3.8) is 0 Å². The molecular weight excluding hydrogens is 268 g/mol. The zero-order valence-electron chi connectivity index (χ0n) is 9.80. The molecule has 0 bridgehead atoms. The van der Waals surface area contributed by atoms with Crippen LogP contribution in [0.5, 0.6) is 0 Å². The lowest BCUT2D eigenvalue weighted by Gasteiger charge is -1.97. The minimum Gasteiger partial charge on any atom is -0.475 e. The van der Waals surface area contributed by atoms with Gasteiger partial charge < -0.3 is 9.52 Å². The van der Waals surface area contributed by atoms with Crippen LogP contribution in [0.3, 0.4) is 0 Å². The molecule has 0 aromatic carbocycles. The summed E-state index contributed by atoms with van der Waals surface area (Å²) < 4.78 is 4.92. The van der Waals surface area contributed by atoms with E-state index in [1.165, 1.54) is 28.3 Å². The fraction of sp³-hybridized carbons (Fsp3) is 0.250. The summed E-state index contributed by atoms with van der Waals surface area (Å²) >= 11 is 1.46. The number of furan rings is 1. The van der Waals surface area contributed by atoms with E-state index < -0.39 is 11.9 Å². The molecule has 0 aliphatic heterocycles. The molecule has 0 saturated carbocycles. The van der Waals surface area contributed by atoms with Gasteiger partial charge in [-0.3, -0.25) is 10.1 Å². The first-order valence-electron chi connectivity index (χ1n) is 5.76. The number of hydrogen-bond acceptors (Lipinski definition) is 5. The molecule has 0 spiro atoms. The number of fused-ring (bicyclic) bond motifs is 1. The van der Waals surface area contributed by atoms with Crippen molar-refractivity contribution >= 4 is 28.3 Å². The molecule has 1 aliphatic rings. The fourth-order valence-corrected chi connectivity index (χ4v) is 3.02. The zero-order chi connectivity index (χ0) is 13.4. The van der Waals surface area contributed by atoms with Crippen LogP contribution in [0.15, 0.2) is 16.5 Å². The lowest BCUT2D eigenvalue weighted by molar-refractivity contribution is 0.0660. The van der Waals surface area contributed by atoms with Crippen LogP contribution in [0.4, 0.5) is 5.13 Å². The summed E-state index contributed by atoms with van der Waals surface area (Å²) in [6.07, 6.45) is 3.07. The molecule has 1 amide bonds. The van der Waals surface area contributed by atoms with Crippen molar-refractivity contribution in [1.29, 1.82) is 0 Å². The van der Waals surface area contributed by atoms with Crippen LogP contribution in [-0.2, 0) is 12.8 Å². The van der Waals surface area contributed by atoms with Gasteiger partial charge in [-0.15, -0.1) is 11.3 Å². The zero-order valence-corrected chi connectivity index (χ0v) is 10.6. The van der Waals surface area contributed by atoms with Gasteiger partial charge in [0.05, 0.1) is 5.69 Å². The molecule has 98 valence electrons. The number of carboxylic acids is 1. The molecule has 3 rings (SSSR count). The van der Waals surface area contributed by atoms with Crippen LogP contribution in [0.25, 0.3) is 0 Å². The summed E-state index contributed by atoms with van der Waals surface area (Å²) in [5.41, 5.74) is 1.05. The Morgan fingerprint density at radius 2 is 2.11 bits per heavy atom. The summed E-state index contributed by atoms with van der Waals surface area (Å²) in [4.78, 5) is 28.0. The molecule has 0 unspecified atom stereocenters. The number of carbonyl (C=O) groups excluding carboxylic acids is 1. The molecule has 0 radical (unpaired) electrons. The van der Waals surface area contributed by atoms with Crippen molar-refractivity contribution in [2.75, 3.05) is 5.32 Å². The monoisotopic (exact) mass is 278 g/mol. The molecule has 2 aromatic heterocycles. The number of thiazole rings is 1. The van der Waals surface area contributed by atoms with Crippen molar-refractivity contribution in [1.82, 2.24) is 4.98 Å². The van der Waals surface area contributed by atoms with Crippen molar-refractivity contribution in [3.05, 3.63) is 34.2 Å². The van der Waals surface area contributed by atoms with Crippen LogP contribution in [0, 0.1) is 0 Å². The van der Waals surface area contributed by atoms with Crippen molar-refractivity contribution in [2.24, 2.45) is 0 Å². The molecular formula is C12H10N2O4S. The third-order valence-corrected chi connectivity index (χ3v) is 3.93. The lowest BCUT2D eigenvalue weighted by atomic mass is 10.4. The highest BCUT2D eigenvalue weighted by atomic mass is 32.1. The Balaban J connectivity index is 1.74. The summed E-state index contributed by atoms with van der Waals surface area (Å²) in [7, 11) is 0. The normalized spacial score (nSPS) is 13.3. The maximum absolute atomic E-state index is 11.8. The third kappa shape index (κ3) is 2.24. The standard InChI is InChI=1S/C12H10N2O4S/c15-10(7-4-5-8(18-7)11(16)17)14-12-13-6-2-1-3-9(6)19-12/h4-5H,1-3H2,(H,16,17)(H,13,14,15). The molecule has 0 fully saturated rings. The number of carbonyl (C=O) groups is 2. The van der Waals surface area contributed by atoms with Gasteiger partial charge in [0.25, 0.3) is 5.91 Å². The van der Waals surface area contributed by atoms with Gasteiger partial charge >= 0.3 is 5.97 Å². The third-order valence-electron chi connectivity index (χ3n) is 2.86. The van der Waals surface area contributed by atoms with E-state index in [0.717, 1.165) is 25.0 Å². The van der Waals surface area contributed by atoms with Crippen molar-refractivity contribution in [2.45, 2.75) is 19.3 Å². The highest BCUT2D eigenvalue weighted by molar-refractivity contribution is 7.15. The first kappa shape index (κ1) is 11.9. The maximum Gasteiger partial charge on any atom is 0.371 e. The van der Waals surface area contributed by atoms with Gasteiger partial charge in [0.1, 0.15) is 0 Å². The first-order chi connectivity index (χ1) is 9.13. The minimum absolute atomic E-state index is 0.0345. The van der Waals surface area contributed by atoms with E-state index in [4.69, 9.17) is 9.52 Å². The highest BCUT2D eigenvalue weighted by Crippen LogP contribution is 2.30. The predicted octanol–water partition coefficient (Wildman–Crippen LogP) is 2.18. The summed E-state index contributed by atoms with van der Waals surface area (Å²) in [6.45, 7) is 0. The highest BCUT2D eigenvalue weighted by Gasteiger charge is 2.20. The van der Waals surface area contributed by atoms with Gasteiger partial charge in [0, 0.05) is 4.88 Å². The van der Waals surface area contributed by atoms with E-state index in [1.54, 1.807) is 0 Å². The van der Waals surface area contributed by atoms with E-state index in [0.29, 0.717) is 5.13 Å². The van der Waals surface area contributed by atoms with Crippen LogP contribution >= 0.6 is 11.3 Å². The molecule has 1 aliphatic carbocycles.